The first kappa shape index (κ1) is 17.3. The number of carboxylic acid groups (broad SMARTS) is 1. The average molecular weight is 411 g/mol. The lowest BCUT2D eigenvalue weighted by Gasteiger charge is -2.10. The Morgan fingerprint density at radius 2 is 2.11 bits per heavy atom. The van der Waals surface area contributed by atoms with Crippen LogP contribution in [0.4, 0.5) is 0 Å². The molecule has 1 N–H and O–H groups in total. The lowest BCUT2D eigenvalue weighted by molar-refractivity contribution is -0.136. The van der Waals surface area contributed by atoms with Gasteiger partial charge in [0.25, 0.3) is 0 Å². The zero-order valence-corrected chi connectivity index (χ0v) is 16.3. The fourth-order valence-corrected chi connectivity index (χ4v) is 4.65. The van der Waals surface area contributed by atoms with Crippen LogP contribution in [0.3, 0.4) is 0 Å². The van der Waals surface area contributed by atoms with Crippen LogP contribution in [0, 0.1) is 0 Å². The molecule has 3 aromatic heterocycles. The quantitative estimate of drug-likeness (QED) is 0.542. The summed E-state index contributed by atoms with van der Waals surface area (Å²) in [5.74, 6) is 0.612. The second-order valence-electron chi connectivity index (χ2n) is 6.77. The zero-order chi connectivity index (χ0) is 19.3. The van der Waals surface area contributed by atoms with Gasteiger partial charge in [-0.25, -0.2) is 14.6 Å². The van der Waals surface area contributed by atoms with Crippen LogP contribution < -0.4 is 0 Å². The molecule has 5 rings (SSSR count). The van der Waals surface area contributed by atoms with Crippen molar-refractivity contribution in [1.82, 2.24) is 19.7 Å². The van der Waals surface area contributed by atoms with E-state index in [0.717, 1.165) is 57.7 Å². The predicted octanol–water partition coefficient (Wildman–Crippen LogP) is 4.31. The average Bonchev–Trinajstić information content (AvgIpc) is 3.38. The summed E-state index contributed by atoms with van der Waals surface area (Å²) in [5, 5.41) is 14.5. The molecule has 6 nitrogen and oxygen atoms in total. The van der Waals surface area contributed by atoms with Gasteiger partial charge in [0.15, 0.2) is 11.6 Å². The van der Waals surface area contributed by atoms with Crippen molar-refractivity contribution >= 4 is 39.8 Å². The van der Waals surface area contributed by atoms with E-state index >= 15 is 0 Å². The highest BCUT2D eigenvalue weighted by molar-refractivity contribution is 7.19. The Kier molecular flexibility index (Phi) is 4.14. The third kappa shape index (κ3) is 2.96. The van der Waals surface area contributed by atoms with E-state index < -0.39 is 5.97 Å². The summed E-state index contributed by atoms with van der Waals surface area (Å²) in [6, 6.07) is 9.40. The molecule has 3 heterocycles. The summed E-state index contributed by atoms with van der Waals surface area (Å²) < 4.78 is 2.54. The van der Waals surface area contributed by atoms with Crippen molar-refractivity contribution in [2.24, 2.45) is 0 Å². The van der Waals surface area contributed by atoms with Crippen molar-refractivity contribution in [3.63, 3.8) is 0 Å². The number of aliphatic carboxylic acids is 1. The number of carboxylic acids is 1. The summed E-state index contributed by atoms with van der Waals surface area (Å²) in [5.41, 5.74) is 3.85. The Hall–Kier alpha value is -2.77. The van der Waals surface area contributed by atoms with Crippen LogP contribution in [0.2, 0.25) is 4.34 Å². The summed E-state index contributed by atoms with van der Waals surface area (Å²) >= 11 is 7.56. The first-order valence-corrected chi connectivity index (χ1v) is 10.1. The Labute approximate surface area is 169 Å². The van der Waals surface area contributed by atoms with E-state index in [2.05, 4.69) is 5.10 Å². The third-order valence-electron chi connectivity index (χ3n) is 4.89. The van der Waals surface area contributed by atoms with E-state index in [1.54, 1.807) is 6.20 Å². The van der Waals surface area contributed by atoms with Gasteiger partial charge in [0.05, 0.1) is 27.3 Å². The molecule has 1 aromatic carbocycles. The summed E-state index contributed by atoms with van der Waals surface area (Å²) in [4.78, 5) is 21.5. The van der Waals surface area contributed by atoms with E-state index in [0.29, 0.717) is 10.2 Å². The number of aryl methyl sites for hydroxylation is 1. The van der Waals surface area contributed by atoms with Crippen molar-refractivity contribution < 1.29 is 9.90 Å². The molecule has 0 unspecified atom stereocenters. The first-order valence-electron chi connectivity index (χ1n) is 8.93. The van der Waals surface area contributed by atoms with Crippen LogP contribution in [0.1, 0.15) is 23.2 Å². The molecular formula is C20H15ClN4O2S. The second kappa shape index (κ2) is 6.68. The minimum atomic E-state index is -0.848. The van der Waals surface area contributed by atoms with Crippen molar-refractivity contribution in [3.05, 3.63) is 57.7 Å². The first-order chi connectivity index (χ1) is 13.6. The highest BCUT2D eigenvalue weighted by atomic mass is 35.5. The van der Waals surface area contributed by atoms with Gasteiger partial charge in [-0.2, -0.15) is 5.10 Å². The van der Waals surface area contributed by atoms with Gasteiger partial charge in [0, 0.05) is 16.6 Å². The Bertz CT molecular complexity index is 1230. The minimum Gasteiger partial charge on any atom is -0.481 e. The molecule has 0 atom stereocenters. The fourth-order valence-electron chi connectivity index (χ4n) is 3.67. The Morgan fingerprint density at radius 3 is 2.89 bits per heavy atom. The van der Waals surface area contributed by atoms with Crippen LogP contribution in [0.25, 0.3) is 27.4 Å². The molecule has 0 spiro atoms. The number of benzene rings is 1. The van der Waals surface area contributed by atoms with Crippen LogP contribution >= 0.6 is 22.9 Å². The number of aromatic nitrogens is 4. The largest absolute Gasteiger partial charge is 0.481 e. The lowest BCUT2D eigenvalue weighted by Crippen LogP contribution is -2.07. The highest BCUT2D eigenvalue weighted by Crippen LogP contribution is 2.33. The molecule has 0 saturated carbocycles. The smallest absolute Gasteiger partial charge is 0.307 e. The maximum atomic E-state index is 11.0. The fraction of sp³-hybridized carbons (Fsp3) is 0.200. The van der Waals surface area contributed by atoms with Crippen molar-refractivity contribution in [2.75, 3.05) is 0 Å². The number of thiophene rings is 1. The summed E-state index contributed by atoms with van der Waals surface area (Å²) in [6.07, 6.45) is 4.65. The molecule has 1 aliphatic carbocycles. The molecule has 28 heavy (non-hydrogen) atoms. The standard InChI is InChI=1S/C20H15ClN4O2S/c21-17-7-6-16(28-17)19-23-14-3-1-2-13(14)20(24-19)25-15-5-4-11(9-18(26)27)8-12(15)10-22-25/h4-8,10H,1-3,9H2,(H,26,27). The Morgan fingerprint density at radius 1 is 1.21 bits per heavy atom. The van der Waals surface area contributed by atoms with Gasteiger partial charge in [-0.15, -0.1) is 11.3 Å². The van der Waals surface area contributed by atoms with E-state index in [9.17, 15) is 4.79 Å². The van der Waals surface area contributed by atoms with Crippen molar-refractivity contribution in [2.45, 2.75) is 25.7 Å². The molecule has 4 aromatic rings. The number of nitrogens with zero attached hydrogens (tertiary/aromatic N) is 4. The van der Waals surface area contributed by atoms with Gasteiger partial charge >= 0.3 is 5.97 Å². The van der Waals surface area contributed by atoms with E-state index in [4.69, 9.17) is 26.7 Å². The molecule has 0 fully saturated rings. The number of rotatable bonds is 4. The topological polar surface area (TPSA) is 80.9 Å². The number of hydrogen-bond acceptors (Lipinski definition) is 5. The predicted molar refractivity (Wildman–Crippen MR) is 108 cm³/mol. The zero-order valence-electron chi connectivity index (χ0n) is 14.7. The van der Waals surface area contributed by atoms with Gasteiger partial charge < -0.3 is 5.11 Å². The number of halogens is 1. The van der Waals surface area contributed by atoms with E-state index in [1.807, 2.05) is 35.0 Å². The molecule has 140 valence electrons. The second-order valence-corrected chi connectivity index (χ2v) is 8.49. The monoisotopic (exact) mass is 410 g/mol. The van der Waals surface area contributed by atoms with Gasteiger partial charge in [-0.3, -0.25) is 4.79 Å². The maximum Gasteiger partial charge on any atom is 0.307 e. The van der Waals surface area contributed by atoms with E-state index in [1.165, 1.54) is 11.3 Å². The molecule has 0 aliphatic heterocycles. The molecule has 1 aliphatic rings. The van der Waals surface area contributed by atoms with Crippen molar-refractivity contribution in [1.29, 1.82) is 0 Å². The third-order valence-corrected chi connectivity index (χ3v) is 6.12. The molecule has 0 amide bonds. The van der Waals surface area contributed by atoms with E-state index in [-0.39, 0.29) is 6.42 Å². The lowest BCUT2D eigenvalue weighted by atomic mass is 10.1. The highest BCUT2D eigenvalue weighted by Gasteiger charge is 2.23. The van der Waals surface area contributed by atoms with Gasteiger partial charge in [-0.05, 0) is 49.1 Å². The summed E-state index contributed by atoms with van der Waals surface area (Å²) in [6.45, 7) is 0. The van der Waals surface area contributed by atoms with Gasteiger partial charge in [-0.1, -0.05) is 17.7 Å². The van der Waals surface area contributed by atoms with Crippen molar-refractivity contribution in [3.8, 4) is 16.5 Å². The van der Waals surface area contributed by atoms with Crippen LogP contribution in [-0.4, -0.2) is 30.8 Å². The van der Waals surface area contributed by atoms with Crippen LogP contribution in [0.15, 0.2) is 36.5 Å². The number of hydrogen-bond donors (Lipinski definition) is 1. The molecular weight excluding hydrogens is 396 g/mol. The minimum absolute atomic E-state index is 0.00664. The summed E-state index contributed by atoms with van der Waals surface area (Å²) in [7, 11) is 0. The molecule has 0 radical (unpaired) electrons. The van der Waals surface area contributed by atoms with Gasteiger partial charge in [0.2, 0.25) is 0 Å². The van der Waals surface area contributed by atoms with Crippen LogP contribution in [-0.2, 0) is 24.1 Å². The number of fused-ring (bicyclic) bond motifs is 2. The van der Waals surface area contributed by atoms with Gasteiger partial charge in [0.1, 0.15) is 0 Å². The van der Waals surface area contributed by atoms with Crippen LogP contribution in [0.5, 0.6) is 0 Å². The number of carbonyl (C=O) groups is 1. The SMILES string of the molecule is O=C(O)Cc1ccc2c(cnn2-c2nc(-c3ccc(Cl)s3)nc3c2CCC3)c1. The molecule has 8 heteroatoms. The maximum absolute atomic E-state index is 11.0. The normalized spacial score (nSPS) is 13.2. The molecule has 0 saturated heterocycles. The Balaban J connectivity index is 1.66. The molecule has 0 bridgehead atoms.